The average Bonchev–Trinajstić information content (AvgIpc) is 2.82. The molecule has 18 heavy (non-hydrogen) atoms. The van der Waals surface area contributed by atoms with Crippen molar-refractivity contribution < 1.29 is 19.0 Å². The molecule has 2 rings (SSSR count). The fraction of sp³-hybridized carbons (Fsp3) is 0.417. The SMILES string of the molecule is COc1cc(CC(CN)C(N)=O)cc2c1OCO2. The van der Waals surface area contributed by atoms with E-state index >= 15 is 0 Å². The Labute approximate surface area is 105 Å². The summed E-state index contributed by atoms with van der Waals surface area (Å²) in [6, 6.07) is 3.62. The van der Waals surface area contributed by atoms with Crippen LogP contribution in [0.5, 0.6) is 17.2 Å². The predicted molar refractivity (Wildman–Crippen MR) is 64.6 cm³/mol. The van der Waals surface area contributed by atoms with E-state index in [2.05, 4.69) is 0 Å². The van der Waals surface area contributed by atoms with Crippen LogP contribution in [0.1, 0.15) is 5.56 Å². The van der Waals surface area contributed by atoms with Crippen molar-refractivity contribution in [3.8, 4) is 17.2 Å². The molecule has 1 heterocycles. The molecule has 0 radical (unpaired) electrons. The first-order valence-corrected chi connectivity index (χ1v) is 5.61. The molecule has 0 bridgehead atoms. The van der Waals surface area contributed by atoms with E-state index in [9.17, 15) is 4.79 Å². The maximum atomic E-state index is 11.2. The van der Waals surface area contributed by atoms with Crippen molar-refractivity contribution in [2.24, 2.45) is 17.4 Å². The Morgan fingerprint density at radius 1 is 1.50 bits per heavy atom. The van der Waals surface area contributed by atoms with E-state index in [1.54, 1.807) is 13.2 Å². The molecule has 0 fully saturated rings. The van der Waals surface area contributed by atoms with Gasteiger partial charge in [-0.15, -0.1) is 0 Å². The second-order valence-electron chi connectivity index (χ2n) is 4.07. The zero-order chi connectivity index (χ0) is 13.1. The highest BCUT2D eigenvalue weighted by Crippen LogP contribution is 2.42. The van der Waals surface area contributed by atoms with Crippen molar-refractivity contribution in [1.82, 2.24) is 0 Å². The molecule has 0 saturated heterocycles. The average molecular weight is 252 g/mol. The molecule has 1 unspecified atom stereocenters. The van der Waals surface area contributed by atoms with E-state index in [1.165, 1.54) is 0 Å². The maximum absolute atomic E-state index is 11.2. The lowest BCUT2D eigenvalue weighted by Crippen LogP contribution is -2.31. The highest BCUT2D eigenvalue weighted by atomic mass is 16.7. The number of rotatable bonds is 5. The summed E-state index contributed by atoms with van der Waals surface area (Å²) in [5.41, 5.74) is 11.7. The third kappa shape index (κ3) is 2.33. The molecule has 1 aliphatic rings. The normalized spacial score (nSPS) is 14.3. The first kappa shape index (κ1) is 12.5. The molecule has 0 spiro atoms. The largest absolute Gasteiger partial charge is 0.493 e. The second kappa shape index (κ2) is 5.14. The van der Waals surface area contributed by atoms with Crippen molar-refractivity contribution in [3.05, 3.63) is 17.7 Å². The van der Waals surface area contributed by atoms with E-state index in [4.69, 9.17) is 25.7 Å². The van der Waals surface area contributed by atoms with Gasteiger partial charge in [0.05, 0.1) is 13.0 Å². The maximum Gasteiger partial charge on any atom is 0.231 e. The molecule has 6 nitrogen and oxygen atoms in total. The van der Waals surface area contributed by atoms with Gasteiger partial charge in [0, 0.05) is 6.54 Å². The van der Waals surface area contributed by atoms with Crippen molar-refractivity contribution in [3.63, 3.8) is 0 Å². The van der Waals surface area contributed by atoms with Gasteiger partial charge in [-0.05, 0) is 24.1 Å². The molecule has 0 aliphatic carbocycles. The Hall–Kier alpha value is -1.95. The number of nitrogens with two attached hydrogens (primary N) is 2. The summed E-state index contributed by atoms with van der Waals surface area (Å²) >= 11 is 0. The molecule has 0 saturated carbocycles. The Morgan fingerprint density at radius 2 is 2.28 bits per heavy atom. The smallest absolute Gasteiger partial charge is 0.231 e. The van der Waals surface area contributed by atoms with Crippen molar-refractivity contribution in [1.29, 1.82) is 0 Å². The van der Waals surface area contributed by atoms with Gasteiger partial charge >= 0.3 is 0 Å². The van der Waals surface area contributed by atoms with E-state index in [1.807, 2.05) is 6.07 Å². The molecular formula is C12H16N2O4. The standard InChI is InChI=1S/C12H16N2O4/c1-16-9-3-7(2-8(5-13)12(14)15)4-10-11(9)18-6-17-10/h3-4,8H,2,5-6,13H2,1H3,(H2,14,15). The summed E-state index contributed by atoms with van der Waals surface area (Å²) in [4.78, 5) is 11.2. The lowest BCUT2D eigenvalue weighted by molar-refractivity contribution is -0.121. The highest BCUT2D eigenvalue weighted by Gasteiger charge is 2.22. The summed E-state index contributed by atoms with van der Waals surface area (Å²) in [7, 11) is 1.55. The van der Waals surface area contributed by atoms with Crippen LogP contribution in [-0.2, 0) is 11.2 Å². The zero-order valence-corrected chi connectivity index (χ0v) is 10.1. The lowest BCUT2D eigenvalue weighted by Gasteiger charge is -2.12. The molecule has 1 amide bonds. The molecule has 1 aromatic rings. The van der Waals surface area contributed by atoms with Crippen molar-refractivity contribution >= 4 is 5.91 Å². The molecular weight excluding hydrogens is 236 g/mol. The van der Waals surface area contributed by atoms with Gasteiger partial charge in [0.25, 0.3) is 0 Å². The summed E-state index contributed by atoms with van der Waals surface area (Å²) in [5, 5.41) is 0. The quantitative estimate of drug-likeness (QED) is 0.770. The number of carbonyl (C=O) groups excluding carboxylic acids is 1. The lowest BCUT2D eigenvalue weighted by atomic mass is 9.98. The predicted octanol–water partition coefficient (Wildman–Crippen LogP) is 0.0266. The second-order valence-corrected chi connectivity index (χ2v) is 4.07. The Kier molecular flexibility index (Phi) is 3.57. The number of hydrogen-bond acceptors (Lipinski definition) is 5. The summed E-state index contributed by atoms with van der Waals surface area (Å²) in [5.74, 6) is 0.985. The fourth-order valence-corrected chi connectivity index (χ4v) is 1.89. The van der Waals surface area contributed by atoms with Crippen molar-refractivity contribution in [2.75, 3.05) is 20.4 Å². The summed E-state index contributed by atoms with van der Waals surface area (Å²) in [6.07, 6.45) is 0.457. The number of carbonyl (C=O) groups is 1. The van der Waals surface area contributed by atoms with Gasteiger partial charge in [-0.2, -0.15) is 0 Å². The third-order valence-electron chi connectivity index (χ3n) is 2.89. The van der Waals surface area contributed by atoms with E-state index < -0.39 is 11.8 Å². The first-order chi connectivity index (χ1) is 8.65. The number of primary amides is 1. The Balaban J connectivity index is 2.26. The van der Waals surface area contributed by atoms with E-state index in [0.29, 0.717) is 23.7 Å². The van der Waals surface area contributed by atoms with Gasteiger partial charge in [-0.1, -0.05) is 0 Å². The monoisotopic (exact) mass is 252 g/mol. The number of amides is 1. The van der Waals surface area contributed by atoms with Gasteiger partial charge in [-0.3, -0.25) is 4.79 Å². The summed E-state index contributed by atoms with van der Waals surface area (Å²) < 4.78 is 15.8. The number of fused-ring (bicyclic) bond motifs is 1. The fourth-order valence-electron chi connectivity index (χ4n) is 1.89. The zero-order valence-electron chi connectivity index (χ0n) is 10.1. The molecule has 1 aliphatic heterocycles. The van der Waals surface area contributed by atoms with E-state index in [-0.39, 0.29) is 13.3 Å². The van der Waals surface area contributed by atoms with Crippen LogP contribution in [0.15, 0.2) is 12.1 Å². The minimum absolute atomic E-state index is 0.172. The number of benzene rings is 1. The van der Waals surface area contributed by atoms with Crippen LogP contribution in [0.3, 0.4) is 0 Å². The third-order valence-corrected chi connectivity index (χ3v) is 2.89. The molecule has 1 atom stereocenters. The first-order valence-electron chi connectivity index (χ1n) is 5.61. The Morgan fingerprint density at radius 3 is 2.89 bits per heavy atom. The van der Waals surface area contributed by atoms with E-state index in [0.717, 1.165) is 5.56 Å². The van der Waals surface area contributed by atoms with Crippen molar-refractivity contribution in [2.45, 2.75) is 6.42 Å². The van der Waals surface area contributed by atoms with Gasteiger partial charge in [-0.25, -0.2) is 0 Å². The van der Waals surface area contributed by atoms with Gasteiger partial charge < -0.3 is 25.7 Å². The molecule has 0 aromatic heterocycles. The number of hydrogen-bond donors (Lipinski definition) is 2. The van der Waals surface area contributed by atoms with Crippen LogP contribution in [0.4, 0.5) is 0 Å². The Bertz CT molecular complexity index is 462. The number of ether oxygens (including phenoxy) is 3. The van der Waals surface area contributed by atoms with Crippen LogP contribution in [0, 0.1) is 5.92 Å². The van der Waals surface area contributed by atoms with Gasteiger partial charge in [0.15, 0.2) is 11.5 Å². The number of methoxy groups -OCH3 is 1. The molecule has 6 heteroatoms. The van der Waals surface area contributed by atoms with Gasteiger partial charge in [0.1, 0.15) is 0 Å². The highest BCUT2D eigenvalue weighted by molar-refractivity contribution is 5.77. The van der Waals surface area contributed by atoms with Crippen LogP contribution >= 0.6 is 0 Å². The van der Waals surface area contributed by atoms with Crippen LogP contribution in [0.25, 0.3) is 0 Å². The minimum Gasteiger partial charge on any atom is -0.493 e. The molecule has 98 valence electrons. The van der Waals surface area contributed by atoms with Gasteiger partial charge in [0.2, 0.25) is 18.4 Å². The molecule has 4 N–H and O–H groups in total. The summed E-state index contributed by atoms with van der Waals surface area (Å²) in [6.45, 7) is 0.386. The van der Waals surface area contributed by atoms with Crippen LogP contribution in [0.2, 0.25) is 0 Å². The molecule has 1 aromatic carbocycles. The van der Waals surface area contributed by atoms with Crippen LogP contribution < -0.4 is 25.7 Å². The topological polar surface area (TPSA) is 96.8 Å². The minimum atomic E-state index is -0.408. The van der Waals surface area contributed by atoms with Crippen LogP contribution in [-0.4, -0.2) is 26.4 Å².